The number of phenolic OH excluding ortho intramolecular Hbond substituents is 1. The maximum atomic E-state index is 9.75. The normalized spacial score (nSPS) is 26.1. The van der Waals surface area contributed by atoms with Crippen molar-refractivity contribution in [1.82, 2.24) is 0 Å². The minimum atomic E-state index is -6.00. The average Bonchev–Trinajstić information content (AvgIpc) is 2.79. The third-order valence-electron chi connectivity index (χ3n) is 7.07. The van der Waals surface area contributed by atoms with Crippen LogP contribution in [0.2, 0.25) is 0 Å². The standard InChI is InChI=1S/C25H34O2.BF4/c26-23-14-11-19(12-15-23)13-16-24-17-22(20-7-3-1-4-8-20)18-25(27-24)21-9-5-2-6-10-21;2-1(3,4)5/h11-16,20-22,24H,1-10,17-18H2;/q;-1/p+1/b16-13+;. The van der Waals surface area contributed by atoms with Crippen LogP contribution in [0.15, 0.2) is 30.3 Å². The summed E-state index contributed by atoms with van der Waals surface area (Å²) >= 11 is 0. The van der Waals surface area contributed by atoms with Gasteiger partial charge in [-0.1, -0.05) is 62.8 Å². The Kier molecular flexibility index (Phi) is 9.39. The summed E-state index contributed by atoms with van der Waals surface area (Å²) in [7, 11) is -6.00. The van der Waals surface area contributed by atoms with Crippen molar-refractivity contribution >= 4 is 13.3 Å². The Morgan fingerprint density at radius 3 is 2.00 bits per heavy atom. The average molecular weight is 454 g/mol. The van der Waals surface area contributed by atoms with Crippen LogP contribution in [0.1, 0.15) is 82.6 Å². The summed E-state index contributed by atoms with van der Waals surface area (Å²) in [6.45, 7) is 0. The molecule has 1 heterocycles. The molecule has 2 atom stereocenters. The number of aromatic hydroxyl groups is 1. The molecule has 0 radical (unpaired) electrons. The summed E-state index contributed by atoms with van der Waals surface area (Å²) in [5.41, 5.74) is 1.13. The molecule has 1 aromatic carbocycles. The van der Waals surface area contributed by atoms with E-state index in [0.29, 0.717) is 11.7 Å². The number of ether oxygens (including phenoxy) is 1. The van der Waals surface area contributed by atoms with E-state index in [1.54, 1.807) is 12.1 Å². The second kappa shape index (κ2) is 12.0. The van der Waals surface area contributed by atoms with Gasteiger partial charge in [0.25, 0.3) is 0 Å². The van der Waals surface area contributed by atoms with Crippen molar-refractivity contribution in [3.8, 4) is 5.75 Å². The summed E-state index contributed by atoms with van der Waals surface area (Å²) in [5, 5.41) is 9.48. The number of rotatable bonds is 4. The fourth-order valence-corrected chi connectivity index (χ4v) is 5.50. The molecule has 4 rings (SSSR count). The van der Waals surface area contributed by atoms with Crippen LogP contribution >= 0.6 is 0 Å². The summed E-state index contributed by atoms with van der Waals surface area (Å²) < 4.78 is 45.6. The molecular formula is C25H35BF4O2. The van der Waals surface area contributed by atoms with Gasteiger partial charge in [-0.2, -0.15) is 4.74 Å². The molecule has 1 aliphatic heterocycles. The van der Waals surface area contributed by atoms with E-state index in [9.17, 15) is 22.4 Å². The van der Waals surface area contributed by atoms with E-state index in [0.717, 1.165) is 17.4 Å². The van der Waals surface area contributed by atoms with E-state index in [4.69, 9.17) is 4.74 Å². The maximum Gasteiger partial charge on any atom is 0.673 e. The molecule has 2 unspecified atom stereocenters. The Morgan fingerprint density at radius 2 is 1.41 bits per heavy atom. The largest absolute Gasteiger partial charge is 0.673 e. The van der Waals surface area contributed by atoms with E-state index < -0.39 is 7.25 Å². The lowest BCUT2D eigenvalue weighted by molar-refractivity contribution is -0.0249. The molecule has 7 heteroatoms. The molecule has 2 nitrogen and oxygen atoms in total. The lowest BCUT2D eigenvalue weighted by atomic mass is 9.71. The molecule has 178 valence electrons. The van der Waals surface area contributed by atoms with E-state index in [1.807, 2.05) is 12.1 Å². The second-order valence-corrected chi connectivity index (χ2v) is 9.50. The zero-order chi connectivity index (χ0) is 23.0. The van der Waals surface area contributed by atoms with Crippen molar-refractivity contribution in [2.45, 2.75) is 83.2 Å². The molecule has 32 heavy (non-hydrogen) atoms. The van der Waals surface area contributed by atoms with Crippen molar-refractivity contribution in [2.75, 3.05) is 0 Å². The van der Waals surface area contributed by atoms with Gasteiger partial charge < -0.3 is 22.4 Å². The lowest BCUT2D eigenvalue weighted by Crippen LogP contribution is -2.35. The SMILES string of the molecule is F[B-](F)(F)F.Oc1ccc(/C=C/C2CC(C3CCCCC3)C[C+](C3CCCCC3)O2)cc1. The van der Waals surface area contributed by atoms with Gasteiger partial charge in [0.2, 0.25) is 6.10 Å². The fourth-order valence-electron chi connectivity index (χ4n) is 5.50. The highest BCUT2D eigenvalue weighted by atomic mass is 19.5. The van der Waals surface area contributed by atoms with E-state index in [-0.39, 0.29) is 6.10 Å². The molecular weight excluding hydrogens is 419 g/mol. The van der Waals surface area contributed by atoms with E-state index >= 15 is 0 Å². The smallest absolute Gasteiger partial charge is 0.508 e. The molecule has 1 aromatic rings. The van der Waals surface area contributed by atoms with Crippen molar-refractivity contribution in [3.05, 3.63) is 42.0 Å². The van der Waals surface area contributed by atoms with Gasteiger partial charge in [0.1, 0.15) is 24.2 Å². The van der Waals surface area contributed by atoms with Crippen LogP contribution in [0.5, 0.6) is 5.75 Å². The van der Waals surface area contributed by atoms with E-state index in [1.165, 1.54) is 83.2 Å². The Labute approximate surface area is 189 Å². The Hall–Kier alpha value is -1.63. The number of phenols is 1. The quantitative estimate of drug-likeness (QED) is 0.282. The van der Waals surface area contributed by atoms with Crippen LogP contribution in [0.25, 0.3) is 6.08 Å². The van der Waals surface area contributed by atoms with Crippen molar-refractivity contribution in [2.24, 2.45) is 17.8 Å². The Bertz CT molecular complexity index is 663. The number of hydrogen-bond donors (Lipinski definition) is 1. The van der Waals surface area contributed by atoms with Gasteiger partial charge in [0.15, 0.2) is 0 Å². The van der Waals surface area contributed by atoms with Gasteiger partial charge in [-0.05, 0) is 55.7 Å². The van der Waals surface area contributed by atoms with E-state index in [2.05, 4.69) is 12.2 Å². The minimum absolute atomic E-state index is 0.219. The summed E-state index contributed by atoms with van der Waals surface area (Å²) in [6.07, 6.45) is 22.4. The van der Waals surface area contributed by atoms with Gasteiger partial charge in [0, 0.05) is 5.92 Å². The highest BCUT2D eigenvalue weighted by Crippen LogP contribution is 2.45. The van der Waals surface area contributed by atoms with Crippen molar-refractivity contribution in [3.63, 3.8) is 0 Å². The third kappa shape index (κ3) is 8.72. The minimum Gasteiger partial charge on any atom is -0.508 e. The van der Waals surface area contributed by atoms with Crippen LogP contribution in [0.4, 0.5) is 17.3 Å². The lowest BCUT2D eigenvalue weighted by Gasteiger charge is -2.35. The summed E-state index contributed by atoms with van der Waals surface area (Å²) in [6, 6.07) is 7.45. The molecule has 0 aromatic heterocycles. The van der Waals surface area contributed by atoms with Crippen LogP contribution in [-0.4, -0.2) is 18.5 Å². The molecule has 0 amide bonds. The van der Waals surface area contributed by atoms with Gasteiger partial charge in [0.05, 0.1) is 0 Å². The van der Waals surface area contributed by atoms with Gasteiger partial charge in [-0.15, -0.1) is 0 Å². The topological polar surface area (TPSA) is 29.5 Å². The number of benzene rings is 1. The predicted molar refractivity (Wildman–Crippen MR) is 121 cm³/mol. The van der Waals surface area contributed by atoms with Gasteiger partial charge >= 0.3 is 7.25 Å². The second-order valence-electron chi connectivity index (χ2n) is 9.50. The molecule has 2 aliphatic carbocycles. The monoisotopic (exact) mass is 454 g/mol. The summed E-state index contributed by atoms with van der Waals surface area (Å²) in [4.78, 5) is 0. The molecule has 3 fully saturated rings. The van der Waals surface area contributed by atoms with Gasteiger partial charge in [-0.25, -0.2) is 0 Å². The molecule has 3 aliphatic rings. The maximum absolute atomic E-state index is 9.75. The fraction of sp³-hybridized carbons (Fsp3) is 0.640. The third-order valence-corrected chi connectivity index (χ3v) is 7.07. The van der Waals surface area contributed by atoms with Crippen LogP contribution in [0, 0.1) is 23.9 Å². The highest BCUT2D eigenvalue weighted by Gasteiger charge is 2.46. The van der Waals surface area contributed by atoms with Gasteiger partial charge in [-0.3, -0.25) is 0 Å². The first-order valence-corrected chi connectivity index (χ1v) is 12.1. The predicted octanol–water partition coefficient (Wildman–Crippen LogP) is 8.19. The number of hydrogen-bond acceptors (Lipinski definition) is 2. The molecule has 1 saturated heterocycles. The van der Waals surface area contributed by atoms with Crippen LogP contribution in [-0.2, 0) is 4.74 Å². The van der Waals surface area contributed by atoms with Crippen molar-refractivity contribution < 1.29 is 27.1 Å². The highest BCUT2D eigenvalue weighted by molar-refractivity contribution is 6.50. The first-order chi connectivity index (χ1) is 15.3. The molecule has 1 N–H and O–H groups in total. The first kappa shape index (κ1) is 25.0. The zero-order valence-corrected chi connectivity index (χ0v) is 18.7. The Balaban J connectivity index is 0.000000523. The van der Waals surface area contributed by atoms with Crippen LogP contribution < -0.4 is 0 Å². The molecule has 0 bridgehead atoms. The first-order valence-electron chi connectivity index (χ1n) is 12.1. The molecule has 2 saturated carbocycles. The zero-order valence-electron chi connectivity index (χ0n) is 18.7. The van der Waals surface area contributed by atoms with Crippen LogP contribution in [0.3, 0.4) is 0 Å². The Morgan fingerprint density at radius 1 is 0.844 bits per heavy atom. The molecule has 0 spiro atoms. The number of halogens is 4. The summed E-state index contributed by atoms with van der Waals surface area (Å²) in [5.74, 6) is 2.75. The van der Waals surface area contributed by atoms with Crippen molar-refractivity contribution in [1.29, 1.82) is 0 Å².